The highest BCUT2D eigenvalue weighted by atomic mass is 16.6. The van der Waals surface area contributed by atoms with Gasteiger partial charge in [-0.2, -0.15) is 0 Å². The number of hydrogen-bond donors (Lipinski definition) is 1. The minimum absolute atomic E-state index is 0.104. The summed E-state index contributed by atoms with van der Waals surface area (Å²) >= 11 is 0. The minimum Gasteiger partial charge on any atom is -0.304 e. The first-order valence-corrected chi connectivity index (χ1v) is 9.58. The van der Waals surface area contributed by atoms with E-state index in [-0.39, 0.29) is 43.3 Å². The van der Waals surface area contributed by atoms with Gasteiger partial charge in [0.25, 0.3) is 23.6 Å². The van der Waals surface area contributed by atoms with Crippen molar-refractivity contribution in [2.75, 3.05) is 19.7 Å². The molecule has 0 fully saturated rings. The van der Waals surface area contributed by atoms with Crippen LogP contribution < -0.4 is 5.90 Å². The molecule has 4 amide bonds. The van der Waals surface area contributed by atoms with Crippen molar-refractivity contribution in [3.63, 3.8) is 0 Å². The maximum absolute atomic E-state index is 12.5. The van der Waals surface area contributed by atoms with Crippen LogP contribution in [0.5, 0.6) is 0 Å². The van der Waals surface area contributed by atoms with Crippen molar-refractivity contribution in [2.24, 2.45) is 5.90 Å². The predicted octanol–water partition coefficient (Wildman–Crippen LogP) is 1.82. The first-order chi connectivity index (χ1) is 14.5. The van der Waals surface area contributed by atoms with Crippen LogP contribution in [0, 0.1) is 5.92 Å². The Morgan fingerprint density at radius 1 is 0.667 bits per heavy atom. The van der Waals surface area contributed by atoms with Gasteiger partial charge in [0.15, 0.2) is 0 Å². The molecule has 0 bridgehead atoms. The van der Waals surface area contributed by atoms with Gasteiger partial charge in [-0.25, -0.2) is 5.90 Å². The van der Waals surface area contributed by atoms with Gasteiger partial charge >= 0.3 is 0 Å². The lowest BCUT2D eigenvalue weighted by Crippen LogP contribution is -2.34. The number of carbonyl (C=O) groups is 4. The molecule has 30 heavy (non-hydrogen) atoms. The standard InChI is InChI=1S/C22H20N3O5/c23-30-13-14(9-11-24-19(26)15-5-1-2-6-16(15)20(24)27)10-12-25-21(28)17-7-3-4-8-18(17)22(25)29/h1-8H,9-13,23H2. The van der Waals surface area contributed by atoms with E-state index >= 15 is 0 Å². The van der Waals surface area contributed by atoms with Gasteiger partial charge in [-0.1, -0.05) is 24.3 Å². The molecule has 2 heterocycles. The Kier molecular flexibility index (Phi) is 5.43. The summed E-state index contributed by atoms with van der Waals surface area (Å²) in [5, 5.41) is 0. The fourth-order valence-electron chi connectivity index (χ4n) is 3.81. The summed E-state index contributed by atoms with van der Waals surface area (Å²) in [6.07, 6.45) is 0.734. The SMILES string of the molecule is NOC[C](CCN1C(=O)c2ccccc2C1=O)CCN1C(=O)c2ccccc2C1=O. The first kappa shape index (κ1) is 19.9. The smallest absolute Gasteiger partial charge is 0.261 e. The molecule has 0 atom stereocenters. The Balaban J connectivity index is 1.38. The second-order valence-corrected chi connectivity index (χ2v) is 7.18. The van der Waals surface area contributed by atoms with Crippen LogP contribution in [0.2, 0.25) is 0 Å². The summed E-state index contributed by atoms with van der Waals surface area (Å²) in [4.78, 5) is 57.1. The zero-order chi connectivity index (χ0) is 21.3. The van der Waals surface area contributed by atoms with Crippen molar-refractivity contribution in [1.29, 1.82) is 0 Å². The highest BCUT2D eigenvalue weighted by molar-refractivity contribution is 6.22. The van der Waals surface area contributed by atoms with Gasteiger partial charge in [0.2, 0.25) is 0 Å². The number of carbonyl (C=O) groups excluding carboxylic acids is 4. The molecular weight excluding hydrogens is 386 g/mol. The van der Waals surface area contributed by atoms with E-state index in [0.717, 1.165) is 5.92 Å². The molecule has 0 spiro atoms. The molecule has 0 saturated carbocycles. The highest BCUT2D eigenvalue weighted by Gasteiger charge is 2.37. The van der Waals surface area contributed by atoms with E-state index in [1.54, 1.807) is 48.5 Å². The molecule has 2 aliphatic heterocycles. The fraction of sp³-hybridized carbons (Fsp3) is 0.227. The van der Waals surface area contributed by atoms with E-state index in [1.807, 2.05) is 0 Å². The first-order valence-electron chi connectivity index (χ1n) is 9.58. The number of imide groups is 2. The van der Waals surface area contributed by atoms with Crippen molar-refractivity contribution >= 4 is 23.6 Å². The molecule has 2 N–H and O–H groups in total. The number of nitrogens with zero attached hydrogens (tertiary/aromatic N) is 2. The van der Waals surface area contributed by atoms with Crippen LogP contribution >= 0.6 is 0 Å². The monoisotopic (exact) mass is 406 g/mol. The average Bonchev–Trinajstić information content (AvgIpc) is 3.15. The molecule has 8 nitrogen and oxygen atoms in total. The van der Waals surface area contributed by atoms with E-state index in [2.05, 4.69) is 0 Å². The van der Waals surface area contributed by atoms with E-state index in [1.165, 1.54) is 9.80 Å². The molecule has 1 radical (unpaired) electrons. The number of benzene rings is 2. The van der Waals surface area contributed by atoms with Crippen LogP contribution in [-0.4, -0.2) is 53.1 Å². The molecule has 0 saturated heterocycles. The minimum atomic E-state index is -0.330. The second-order valence-electron chi connectivity index (χ2n) is 7.18. The lowest BCUT2D eigenvalue weighted by atomic mass is 10.0. The average molecular weight is 406 g/mol. The number of amides is 4. The lowest BCUT2D eigenvalue weighted by molar-refractivity contribution is 0.0647. The number of rotatable bonds is 8. The topological polar surface area (TPSA) is 110 Å². The molecule has 4 rings (SSSR count). The van der Waals surface area contributed by atoms with Gasteiger partial charge in [0.1, 0.15) is 0 Å². The Hall–Kier alpha value is -3.36. The molecule has 2 aromatic rings. The molecule has 0 aromatic heterocycles. The maximum Gasteiger partial charge on any atom is 0.261 e. The molecule has 0 aliphatic carbocycles. The molecule has 153 valence electrons. The van der Waals surface area contributed by atoms with Crippen molar-refractivity contribution in [2.45, 2.75) is 12.8 Å². The molecule has 8 heteroatoms. The van der Waals surface area contributed by atoms with Crippen molar-refractivity contribution in [1.82, 2.24) is 9.80 Å². The van der Waals surface area contributed by atoms with Gasteiger partial charge in [-0.15, -0.1) is 0 Å². The lowest BCUT2D eigenvalue weighted by Gasteiger charge is -2.21. The fourth-order valence-corrected chi connectivity index (χ4v) is 3.81. The Bertz CT molecular complexity index is 885. The van der Waals surface area contributed by atoms with Crippen molar-refractivity contribution in [3.05, 3.63) is 76.7 Å². The van der Waals surface area contributed by atoms with Gasteiger partial charge in [0, 0.05) is 19.0 Å². The largest absolute Gasteiger partial charge is 0.304 e. The molecule has 2 aromatic carbocycles. The zero-order valence-corrected chi connectivity index (χ0v) is 16.2. The number of fused-ring (bicyclic) bond motifs is 2. The van der Waals surface area contributed by atoms with Gasteiger partial charge < -0.3 is 4.84 Å². The van der Waals surface area contributed by atoms with Gasteiger partial charge in [-0.05, 0) is 37.1 Å². The summed E-state index contributed by atoms with van der Waals surface area (Å²) in [6.45, 7) is 0.451. The Labute approximate surface area is 173 Å². The second kappa shape index (κ2) is 8.17. The van der Waals surface area contributed by atoms with E-state index < -0.39 is 0 Å². The quantitative estimate of drug-likeness (QED) is 0.529. The third-order valence-electron chi connectivity index (χ3n) is 5.42. The van der Waals surface area contributed by atoms with E-state index in [9.17, 15) is 19.2 Å². The Morgan fingerprint density at radius 2 is 1.00 bits per heavy atom. The van der Waals surface area contributed by atoms with Crippen LogP contribution in [0.4, 0.5) is 0 Å². The summed E-state index contributed by atoms with van der Waals surface area (Å²) < 4.78 is 0. The zero-order valence-electron chi connectivity index (χ0n) is 16.2. The summed E-state index contributed by atoms with van der Waals surface area (Å²) in [7, 11) is 0. The molecule has 0 unspecified atom stereocenters. The van der Waals surface area contributed by atoms with Crippen molar-refractivity contribution in [3.8, 4) is 0 Å². The number of hydrogen-bond acceptors (Lipinski definition) is 6. The highest BCUT2D eigenvalue weighted by Crippen LogP contribution is 2.26. The van der Waals surface area contributed by atoms with E-state index in [4.69, 9.17) is 10.7 Å². The summed E-state index contributed by atoms with van der Waals surface area (Å²) in [5.74, 6) is 4.71. The predicted molar refractivity (Wildman–Crippen MR) is 106 cm³/mol. The third-order valence-corrected chi connectivity index (χ3v) is 5.42. The summed E-state index contributed by atoms with van der Waals surface area (Å²) in [6, 6.07) is 13.4. The summed E-state index contributed by atoms with van der Waals surface area (Å²) in [5.41, 5.74) is 1.57. The van der Waals surface area contributed by atoms with Gasteiger partial charge in [0.05, 0.1) is 28.9 Å². The Morgan fingerprint density at radius 3 is 1.30 bits per heavy atom. The third kappa shape index (κ3) is 3.40. The van der Waals surface area contributed by atoms with Crippen LogP contribution in [0.1, 0.15) is 54.3 Å². The number of nitrogens with two attached hydrogens (primary N) is 1. The van der Waals surface area contributed by atoms with Crippen molar-refractivity contribution < 1.29 is 24.0 Å². The van der Waals surface area contributed by atoms with Crippen LogP contribution in [0.3, 0.4) is 0 Å². The maximum atomic E-state index is 12.5. The normalized spacial score (nSPS) is 15.4. The van der Waals surface area contributed by atoms with E-state index in [0.29, 0.717) is 35.1 Å². The van der Waals surface area contributed by atoms with Crippen LogP contribution in [0.25, 0.3) is 0 Å². The van der Waals surface area contributed by atoms with Crippen LogP contribution in [-0.2, 0) is 4.84 Å². The van der Waals surface area contributed by atoms with Gasteiger partial charge in [-0.3, -0.25) is 29.0 Å². The molecular formula is C22H20N3O5. The molecule has 2 aliphatic rings. The van der Waals surface area contributed by atoms with Crippen LogP contribution in [0.15, 0.2) is 48.5 Å².